The molecular weight excluding hydrogens is 284 g/mol. The second-order valence-corrected chi connectivity index (χ2v) is 5.66. The van der Waals surface area contributed by atoms with E-state index in [1.54, 1.807) is 0 Å². The fourth-order valence-corrected chi connectivity index (χ4v) is 2.66. The molecule has 0 radical (unpaired) electrons. The van der Waals surface area contributed by atoms with Gasteiger partial charge in [0.2, 0.25) is 5.91 Å². The number of nitrogens with one attached hydrogen (secondary N) is 1. The predicted molar refractivity (Wildman–Crippen MR) is 94.3 cm³/mol. The SMILES string of the molecule is CCC(Cc1ccc2ccccc2n1)C(=O)Nc1ccccc1. The van der Waals surface area contributed by atoms with E-state index in [-0.39, 0.29) is 11.8 Å². The van der Waals surface area contributed by atoms with Crippen molar-refractivity contribution in [3.05, 3.63) is 72.4 Å². The Balaban J connectivity index is 1.73. The number of pyridine rings is 1. The Hall–Kier alpha value is -2.68. The number of carbonyl (C=O) groups excluding carboxylic acids is 1. The highest BCUT2D eigenvalue weighted by Gasteiger charge is 2.18. The molecule has 1 aromatic heterocycles. The number of aromatic nitrogens is 1. The molecule has 3 rings (SSSR count). The molecule has 0 spiro atoms. The van der Waals surface area contributed by atoms with Crippen LogP contribution in [0.15, 0.2) is 66.7 Å². The van der Waals surface area contributed by atoms with E-state index in [0.717, 1.165) is 28.7 Å². The fraction of sp³-hybridized carbons (Fsp3) is 0.200. The zero-order valence-electron chi connectivity index (χ0n) is 13.2. The molecule has 1 heterocycles. The molecule has 0 saturated heterocycles. The summed E-state index contributed by atoms with van der Waals surface area (Å²) in [5.74, 6) is -0.0301. The number of benzene rings is 2. The summed E-state index contributed by atoms with van der Waals surface area (Å²) in [6.07, 6.45) is 1.44. The van der Waals surface area contributed by atoms with Crippen LogP contribution in [-0.4, -0.2) is 10.9 Å². The first-order valence-electron chi connectivity index (χ1n) is 7.97. The van der Waals surface area contributed by atoms with Gasteiger partial charge < -0.3 is 5.32 Å². The van der Waals surface area contributed by atoms with Crippen LogP contribution in [-0.2, 0) is 11.2 Å². The summed E-state index contributed by atoms with van der Waals surface area (Å²) in [6.45, 7) is 2.04. The van der Waals surface area contributed by atoms with Crippen LogP contribution in [0.5, 0.6) is 0 Å². The van der Waals surface area contributed by atoms with Gasteiger partial charge in [-0.15, -0.1) is 0 Å². The molecule has 0 aliphatic rings. The Morgan fingerprint density at radius 3 is 2.52 bits per heavy atom. The highest BCUT2D eigenvalue weighted by Crippen LogP contribution is 2.17. The maximum absolute atomic E-state index is 12.5. The van der Waals surface area contributed by atoms with E-state index >= 15 is 0 Å². The summed E-state index contributed by atoms with van der Waals surface area (Å²) in [5, 5.41) is 4.11. The predicted octanol–water partition coefficient (Wildman–Crippen LogP) is 4.44. The van der Waals surface area contributed by atoms with Gasteiger partial charge in [0.05, 0.1) is 5.52 Å². The molecule has 1 N–H and O–H groups in total. The monoisotopic (exact) mass is 304 g/mol. The smallest absolute Gasteiger partial charge is 0.227 e. The minimum absolute atomic E-state index is 0.0497. The topological polar surface area (TPSA) is 42.0 Å². The Bertz CT molecular complexity index is 799. The van der Waals surface area contributed by atoms with E-state index in [9.17, 15) is 4.79 Å². The van der Waals surface area contributed by atoms with Gasteiger partial charge in [-0.3, -0.25) is 9.78 Å². The average Bonchev–Trinajstić information content (AvgIpc) is 2.60. The van der Waals surface area contributed by atoms with Crippen LogP contribution in [0.2, 0.25) is 0 Å². The van der Waals surface area contributed by atoms with Crippen LogP contribution in [0.1, 0.15) is 19.0 Å². The third-order valence-electron chi connectivity index (χ3n) is 4.02. The van der Waals surface area contributed by atoms with E-state index in [4.69, 9.17) is 0 Å². The van der Waals surface area contributed by atoms with Gasteiger partial charge in [0.25, 0.3) is 0 Å². The molecule has 0 fully saturated rings. The van der Waals surface area contributed by atoms with Gasteiger partial charge in [-0.05, 0) is 30.7 Å². The molecule has 1 unspecified atom stereocenters. The Morgan fingerprint density at radius 1 is 1.00 bits per heavy atom. The van der Waals surface area contributed by atoms with Crippen LogP contribution >= 0.6 is 0 Å². The van der Waals surface area contributed by atoms with E-state index in [2.05, 4.69) is 16.4 Å². The van der Waals surface area contributed by atoms with Gasteiger partial charge in [0, 0.05) is 29.1 Å². The summed E-state index contributed by atoms with van der Waals surface area (Å²) >= 11 is 0. The molecule has 2 aromatic carbocycles. The standard InChI is InChI=1S/C20H20N2O/c1-2-15(20(23)22-17-9-4-3-5-10-17)14-18-13-12-16-8-6-7-11-19(16)21-18/h3-13,15H,2,14H2,1H3,(H,22,23). The highest BCUT2D eigenvalue weighted by atomic mass is 16.1. The number of amides is 1. The molecule has 1 atom stereocenters. The molecule has 0 saturated carbocycles. The van der Waals surface area contributed by atoms with Crippen LogP contribution in [0, 0.1) is 5.92 Å². The molecular formula is C20H20N2O. The van der Waals surface area contributed by atoms with Crippen molar-refractivity contribution in [3.8, 4) is 0 Å². The van der Waals surface area contributed by atoms with Crippen LogP contribution in [0.3, 0.4) is 0 Å². The van der Waals surface area contributed by atoms with Crippen molar-refractivity contribution in [3.63, 3.8) is 0 Å². The van der Waals surface area contributed by atoms with Crippen molar-refractivity contribution in [2.75, 3.05) is 5.32 Å². The number of rotatable bonds is 5. The Morgan fingerprint density at radius 2 is 1.74 bits per heavy atom. The van der Waals surface area contributed by atoms with Gasteiger partial charge in [-0.25, -0.2) is 0 Å². The third-order valence-corrected chi connectivity index (χ3v) is 4.02. The minimum Gasteiger partial charge on any atom is -0.326 e. The number of carbonyl (C=O) groups is 1. The van der Waals surface area contributed by atoms with E-state index in [1.807, 2.05) is 67.6 Å². The second-order valence-electron chi connectivity index (χ2n) is 5.66. The maximum Gasteiger partial charge on any atom is 0.227 e. The lowest BCUT2D eigenvalue weighted by molar-refractivity contribution is -0.119. The number of hydrogen-bond donors (Lipinski definition) is 1. The van der Waals surface area contributed by atoms with Crippen LogP contribution < -0.4 is 5.32 Å². The first kappa shape index (κ1) is 15.2. The first-order valence-corrected chi connectivity index (χ1v) is 7.97. The van der Waals surface area contributed by atoms with Gasteiger partial charge in [0.15, 0.2) is 0 Å². The van der Waals surface area contributed by atoms with Crippen molar-refractivity contribution < 1.29 is 4.79 Å². The summed E-state index contributed by atoms with van der Waals surface area (Å²) in [6, 6.07) is 21.7. The van der Waals surface area contributed by atoms with Crippen molar-refractivity contribution in [2.24, 2.45) is 5.92 Å². The van der Waals surface area contributed by atoms with Crippen molar-refractivity contribution in [1.82, 2.24) is 4.98 Å². The second kappa shape index (κ2) is 7.05. The molecule has 0 bridgehead atoms. The number of para-hydroxylation sites is 2. The number of nitrogens with zero attached hydrogens (tertiary/aromatic N) is 1. The van der Waals surface area contributed by atoms with Crippen LogP contribution in [0.4, 0.5) is 5.69 Å². The lowest BCUT2D eigenvalue weighted by atomic mass is 9.98. The highest BCUT2D eigenvalue weighted by molar-refractivity contribution is 5.92. The molecule has 1 amide bonds. The quantitative estimate of drug-likeness (QED) is 0.757. The maximum atomic E-state index is 12.5. The summed E-state index contributed by atoms with van der Waals surface area (Å²) in [4.78, 5) is 17.1. The number of hydrogen-bond acceptors (Lipinski definition) is 2. The zero-order chi connectivity index (χ0) is 16.1. The molecule has 0 aliphatic heterocycles. The molecule has 116 valence electrons. The van der Waals surface area contributed by atoms with Gasteiger partial charge in [-0.2, -0.15) is 0 Å². The van der Waals surface area contributed by atoms with Crippen LogP contribution in [0.25, 0.3) is 10.9 Å². The van der Waals surface area contributed by atoms with E-state index < -0.39 is 0 Å². The summed E-state index contributed by atoms with van der Waals surface area (Å²) < 4.78 is 0. The summed E-state index contributed by atoms with van der Waals surface area (Å²) in [7, 11) is 0. The zero-order valence-corrected chi connectivity index (χ0v) is 13.2. The largest absolute Gasteiger partial charge is 0.326 e. The van der Waals surface area contributed by atoms with E-state index in [0.29, 0.717) is 6.42 Å². The van der Waals surface area contributed by atoms with Gasteiger partial charge >= 0.3 is 0 Å². The van der Waals surface area contributed by atoms with Crippen molar-refractivity contribution in [1.29, 1.82) is 0 Å². The van der Waals surface area contributed by atoms with Crippen molar-refractivity contribution >= 4 is 22.5 Å². The Labute approximate surface area is 136 Å². The first-order chi connectivity index (χ1) is 11.3. The number of anilines is 1. The molecule has 3 aromatic rings. The van der Waals surface area contributed by atoms with Gasteiger partial charge in [-0.1, -0.05) is 49.4 Å². The lowest BCUT2D eigenvalue weighted by Gasteiger charge is -2.15. The Kier molecular flexibility index (Phi) is 4.67. The van der Waals surface area contributed by atoms with Gasteiger partial charge in [0.1, 0.15) is 0 Å². The molecule has 3 heteroatoms. The molecule has 3 nitrogen and oxygen atoms in total. The van der Waals surface area contributed by atoms with E-state index in [1.165, 1.54) is 0 Å². The number of fused-ring (bicyclic) bond motifs is 1. The molecule has 23 heavy (non-hydrogen) atoms. The summed E-state index contributed by atoms with van der Waals surface area (Å²) in [5.41, 5.74) is 2.77. The lowest BCUT2D eigenvalue weighted by Crippen LogP contribution is -2.24. The fourth-order valence-electron chi connectivity index (χ4n) is 2.66. The average molecular weight is 304 g/mol. The molecule has 0 aliphatic carbocycles. The normalized spacial score (nSPS) is 12.0. The minimum atomic E-state index is -0.0798. The third kappa shape index (κ3) is 3.75. The van der Waals surface area contributed by atoms with Crippen molar-refractivity contribution in [2.45, 2.75) is 19.8 Å².